The Labute approximate surface area is 631 Å². The van der Waals surface area contributed by atoms with Crippen LogP contribution in [0.15, 0.2) is 74.6 Å². The molecule has 3 saturated heterocycles. The Bertz CT molecular complexity index is 4470. The molecule has 4 aromatic rings. The van der Waals surface area contributed by atoms with Crippen LogP contribution in [0.25, 0.3) is 27.6 Å². The Kier molecular flexibility index (Phi) is 24.5. The SMILES string of the molecule is C/C1=C2N=C(/C=C3N=C(/C(C)=C4\[N-][C@H]([C@H](CC(N)=O)[C@]4(C)CCC(=O)NC[C@H](C)OP(=O)([O-])O[C@H]4[C@@H](O)[C@@H](n5cnc6ncnc(N)c65)O[C@@H]4CO)[C@]4(C)N=C1[C@@H](CCC(N)=O)[C@]4(C)CC(N)=O)[C@@H](CCC(N)=O)C\3(C)C)[C@@H](CCC(N)=O)[C@]/2(C)CC(N)=O.[CH2-][C@H]1O[C@@H](n2cnc3c(N)ncnc32)[C@H](O)[C@@H]1O.[Co]. The zero-order chi connectivity index (χ0) is 78.7. The first-order chi connectivity index (χ1) is 50.0. The number of aliphatic hydroxyl groups is 4. The first-order valence-electron chi connectivity index (χ1n) is 35.0. The molecule has 0 aliphatic carbocycles. The molecule has 0 saturated carbocycles. The number of imidazole rings is 2. The van der Waals surface area contributed by atoms with Gasteiger partial charge in [-0.05, 0) is 88.0 Å². The van der Waals surface area contributed by atoms with Gasteiger partial charge in [0.25, 0.3) is 7.82 Å². The van der Waals surface area contributed by atoms with E-state index in [2.05, 4.69) is 42.1 Å². The smallest absolute Gasteiger partial charge is 0.268 e. The van der Waals surface area contributed by atoms with Crippen LogP contribution in [0, 0.1) is 52.3 Å². The molecule has 591 valence electrons. The second-order valence-electron chi connectivity index (χ2n) is 30.1. The maximum absolute atomic E-state index is 14.3. The average molecular weight is 1570 g/mol. The van der Waals surface area contributed by atoms with Gasteiger partial charge in [0.2, 0.25) is 41.4 Å². The van der Waals surface area contributed by atoms with Crippen molar-refractivity contribution in [3.8, 4) is 0 Å². The third-order valence-corrected chi connectivity index (χ3v) is 23.8. The summed E-state index contributed by atoms with van der Waals surface area (Å²) >= 11 is 0. The number of rotatable bonds is 27. The van der Waals surface area contributed by atoms with E-state index >= 15 is 0 Å². The van der Waals surface area contributed by atoms with Crippen molar-refractivity contribution in [2.75, 3.05) is 24.6 Å². The number of primary amides is 6. The Morgan fingerprint density at radius 1 is 0.722 bits per heavy atom. The minimum absolute atomic E-state index is 0. The summed E-state index contributed by atoms with van der Waals surface area (Å²) in [5, 5.41) is 49.4. The number of nitrogens with zero attached hydrogens (tertiary/aromatic N) is 12. The van der Waals surface area contributed by atoms with Gasteiger partial charge in [0.05, 0.1) is 36.4 Å². The molecule has 11 rings (SSSR count). The van der Waals surface area contributed by atoms with Gasteiger partial charge in [0.1, 0.15) is 54.4 Å². The summed E-state index contributed by atoms with van der Waals surface area (Å²) in [7, 11) is -5.36. The summed E-state index contributed by atoms with van der Waals surface area (Å²) in [4.78, 5) is 147. The molecule has 3 fully saturated rings. The molecule has 21 N–H and O–H groups in total. The molecule has 108 heavy (non-hydrogen) atoms. The molecule has 0 aromatic carbocycles. The number of aliphatic imine (C=N–C) groups is 3. The predicted octanol–water partition coefficient (Wildman–Crippen LogP) is -0.0700. The van der Waals surface area contributed by atoms with Crippen molar-refractivity contribution in [1.29, 1.82) is 0 Å². The van der Waals surface area contributed by atoms with Crippen LogP contribution in [-0.2, 0) is 73.4 Å². The molecule has 4 aromatic heterocycles. The summed E-state index contributed by atoms with van der Waals surface area (Å²) in [6.07, 6.45) is -5.26. The van der Waals surface area contributed by atoms with Gasteiger partial charge in [-0.15, -0.1) is 0 Å². The minimum atomic E-state index is -5.36. The molecule has 1 radical (unpaired) electrons. The number of phosphoric ester groups is 1. The zero-order valence-corrected chi connectivity index (χ0v) is 63.2. The number of amides is 7. The normalized spacial score (nSPS) is 33.8. The molecule has 40 heteroatoms. The summed E-state index contributed by atoms with van der Waals surface area (Å²) < 4.78 is 38.2. The fraction of sp³-hybridized carbons (Fsp3) is 0.603. The Balaban J connectivity index is 0.000000612. The van der Waals surface area contributed by atoms with Crippen LogP contribution in [0.3, 0.4) is 0 Å². The van der Waals surface area contributed by atoms with E-state index in [1.165, 1.54) is 41.4 Å². The number of nitrogens with one attached hydrogen (secondary N) is 1. The van der Waals surface area contributed by atoms with Crippen molar-refractivity contribution in [3.63, 3.8) is 0 Å². The number of carbonyl (C=O) groups is 7. The maximum Gasteiger partial charge on any atom is 0.268 e. The van der Waals surface area contributed by atoms with Gasteiger partial charge in [-0.2, -0.15) is 5.70 Å². The molecular weight excluding hydrogens is 1470 g/mol. The number of hydrogen-bond acceptors (Lipinski definition) is 28. The maximum atomic E-state index is 14.3. The molecule has 0 spiro atoms. The predicted molar refractivity (Wildman–Crippen MR) is 383 cm³/mol. The average Bonchev–Trinajstić information content (AvgIpc) is 1.52. The Morgan fingerprint density at radius 2 is 1.32 bits per heavy atom. The number of phosphoric acid groups is 1. The van der Waals surface area contributed by atoms with Crippen LogP contribution in [0.1, 0.15) is 145 Å². The molecule has 11 heterocycles. The fourth-order valence-corrected chi connectivity index (χ4v) is 18.1. The summed E-state index contributed by atoms with van der Waals surface area (Å²) in [5.74, 6) is -7.26. The standard InChI is InChI=1S/C58H85N16O14P.C10H12N5O3.Co/c1-26(87-89(84,85)88-47-34(23-75)86-53(46(47)83)74-25-69-52-45(74)51(65)67-24-68-52)22-66-42(82)16-17-55(6)32(18-39(62)79)50-58(9)57(8,21-41(64)81)31(12-15-38(61)78)44(73-58)28(3)49-56(7,20-40(63)80)29(10-13-36(59)76)33(70-49)19-35-54(4,5)30(11-14-37(60)77)43(71-35)27(2)48(55)72-50;1-4-6(16)7(17)10(18-4)15-3-14-5-8(11)12-2-13-9(5)15;/h19,24-26,29-32,34,46-47,50,53,75,83H,10-18,20-23H2,1-9H3,(H17,59,60,61,62,63,64,65,66,67,68,70,71,72,73,76,77,78,79,80,81,82,84,85);2-4,6-7,10,16-17H,1H2,(H2,11,12,13);/q;-1;/p-2/t26-,29+,30+,31+,32-,34+,46+,47+,50+,53-,55-,56-,57-,58-;4-,6-,7-,10-;/m01./s1. The van der Waals surface area contributed by atoms with Gasteiger partial charge < -0.3 is 107 Å². The van der Waals surface area contributed by atoms with E-state index in [-0.39, 0.29) is 117 Å². The molecule has 7 aliphatic rings. The van der Waals surface area contributed by atoms with E-state index in [1.54, 1.807) is 20.8 Å². The van der Waals surface area contributed by atoms with Crippen molar-refractivity contribution in [2.45, 2.75) is 200 Å². The first-order valence-corrected chi connectivity index (χ1v) is 36.4. The topological polar surface area (TPSA) is 636 Å². The van der Waals surface area contributed by atoms with Crippen LogP contribution in [0.2, 0.25) is 0 Å². The second kappa shape index (κ2) is 31.8. The van der Waals surface area contributed by atoms with Crippen LogP contribution in [0.4, 0.5) is 11.6 Å². The number of nitrogen functional groups attached to an aromatic ring is 2. The number of aromatic nitrogens is 8. The molecule has 19 atom stereocenters. The third-order valence-electron chi connectivity index (χ3n) is 22.7. The molecule has 7 amide bonds. The van der Waals surface area contributed by atoms with Gasteiger partial charge in [-0.25, -0.2) is 29.9 Å². The molecule has 7 aliphatic heterocycles. The van der Waals surface area contributed by atoms with Crippen LogP contribution >= 0.6 is 7.82 Å². The van der Waals surface area contributed by atoms with Crippen molar-refractivity contribution in [3.05, 3.63) is 71.9 Å². The second-order valence-corrected chi connectivity index (χ2v) is 31.4. The number of allylic oxidation sites excluding steroid dienone is 6. The van der Waals surface area contributed by atoms with Crippen LogP contribution in [0.5, 0.6) is 0 Å². The largest absolute Gasteiger partial charge is 0.756 e. The Morgan fingerprint density at radius 3 is 1.93 bits per heavy atom. The van der Waals surface area contributed by atoms with E-state index in [9.17, 15) is 63.4 Å². The minimum Gasteiger partial charge on any atom is -0.756 e. The quantitative estimate of drug-likeness (QED) is 0.0274. The van der Waals surface area contributed by atoms with Crippen molar-refractivity contribution in [2.24, 2.45) is 94.7 Å². The number of fused-ring (bicyclic) bond motifs is 8. The van der Waals surface area contributed by atoms with Crippen LogP contribution in [-0.4, -0.2) is 185 Å². The van der Waals surface area contributed by atoms with E-state index in [0.717, 1.165) is 0 Å². The number of anilines is 2. The van der Waals surface area contributed by atoms with E-state index in [0.29, 0.717) is 56.5 Å². The molecular formula is C68H95CoN21O17P-3. The zero-order valence-electron chi connectivity index (χ0n) is 61.2. The number of aliphatic hydroxyl groups excluding tert-OH is 4. The number of carbonyl (C=O) groups excluding carboxylic acids is 7. The fourth-order valence-electron chi connectivity index (χ4n) is 16.9. The van der Waals surface area contributed by atoms with E-state index in [4.69, 9.17) is 84.7 Å². The van der Waals surface area contributed by atoms with Gasteiger partial charge in [-0.3, -0.25) is 62.2 Å². The van der Waals surface area contributed by atoms with Crippen molar-refractivity contribution in [1.82, 2.24) is 44.4 Å². The van der Waals surface area contributed by atoms with Gasteiger partial charge >= 0.3 is 0 Å². The number of ether oxygens (including phenoxy) is 2. The van der Waals surface area contributed by atoms with Gasteiger partial charge in [0.15, 0.2) is 35.4 Å². The number of nitrogens with two attached hydrogens (primary N) is 8. The summed E-state index contributed by atoms with van der Waals surface area (Å²) in [5.41, 5.74) is 46.3. The molecule has 8 bridgehead atoms. The van der Waals surface area contributed by atoms with Gasteiger partial charge in [-0.1, -0.05) is 40.7 Å². The number of hydrogen-bond donors (Lipinski definition) is 13. The Hall–Kier alpha value is -8.60. The summed E-state index contributed by atoms with van der Waals surface area (Å²) in [6.45, 7) is 18.5. The van der Waals surface area contributed by atoms with Crippen molar-refractivity contribution >= 4 is 100 Å². The van der Waals surface area contributed by atoms with E-state index < -0.39 is 168 Å². The van der Waals surface area contributed by atoms with Crippen LogP contribution < -0.4 is 56.1 Å². The summed E-state index contributed by atoms with van der Waals surface area (Å²) in [6, 6.07) is -1.07. The van der Waals surface area contributed by atoms with Crippen molar-refractivity contribution < 1.29 is 98.7 Å². The third kappa shape index (κ3) is 15.8. The van der Waals surface area contributed by atoms with Gasteiger partial charge in [0, 0.05) is 125 Å². The molecule has 38 nitrogen and oxygen atoms in total. The van der Waals surface area contributed by atoms with E-state index in [1.807, 2.05) is 40.7 Å². The first kappa shape index (κ1) is 83.4. The monoisotopic (exact) mass is 1570 g/mol. The molecule has 1 unspecified atom stereocenters.